The maximum Gasteiger partial charge on any atom is 0.422 e. The molecule has 0 N–H and O–H groups in total. The van der Waals surface area contributed by atoms with Gasteiger partial charge in [-0.15, -0.1) is 0 Å². The summed E-state index contributed by atoms with van der Waals surface area (Å²) < 4.78 is 104. The van der Waals surface area contributed by atoms with Crippen LogP contribution in [0, 0.1) is 0 Å². The molecule has 0 saturated heterocycles. The molecule has 176 valence electrons. The molecule has 0 radical (unpaired) electrons. The Kier molecular flexibility index (Phi) is 8.34. The van der Waals surface area contributed by atoms with Crippen molar-refractivity contribution in [3.05, 3.63) is 47.5 Å². The van der Waals surface area contributed by atoms with Crippen LogP contribution in [0.5, 0.6) is 11.5 Å². The molecule has 4 nitrogen and oxygen atoms in total. The fourth-order valence-electron chi connectivity index (χ4n) is 2.72. The predicted molar refractivity (Wildman–Crippen MR) is 100 cm³/mol. The Labute approximate surface area is 178 Å². The van der Waals surface area contributed by atoms with Crippen molar-refractivity contribution in [1.82, 2.24) is 0 Å². The van der Waals surface area contributed by atoms with Crippen LogP contribution in [0.1, 0.15) is 18.1 Å². The minimum atomic E-state index is -4.74. The van der Waals surface area contributed by atoms with Crippen LogP contribution < -0.4 is 9.47 Å². The molecule has 0 saturated carbocycles. The van der Waals surface area contributed by atoms with Crippen LogP contribution in [0.15, 0.2) is 36.4 Å². The van der Waals surface area contributed by atoms with Gasteiger partial charge in [0.1, 0.15) is 18.2 Å². The van der Waals surface area contributed by atoms with Gasteiger partial charge in [0, 0.05) is 0 Å². The molecule has 0 spiro atoms. The first kappa shape index (κ1) is 25.3. The molecule has 0 aliphatic carbocycles. The number of hydrogen-bond donors (Lipinski definition) is 0. The molecule has 2 aromatic carbocycles. The fraction of sp³-hybridized carbons (Fsp3) is 0.381. The normalized spacial score (nSPS) is 11.9. The molecule has 0 aliphatic rings. The van der Waals surface area contributed by atoms with Crippen molar-refractivity contribution in [1.29, 1.82) is 0 Å². The van der Waals surface area contributed by atoms with Crippen molar-refractivity contribution >= 4 is 5.97 Å². The molecular weight excluding hydrogens is 449 g/mol. The van der Waals surface area contributed by atoms with Crippen LogP contribution in [-0.2, 0) is 22.6 Å². The maximum absolute atomic E-state index is 12.8. The molecule has 32 heavy (non-hydrogen) atoms. The summed E-state index contributed by atoms with van der Waals surface area (Å²) in [6.45, 7) is -2.70. The van der Waals surface area contributed by atoms with E-state index in [9.17, 15) is 35.5 Å². The van der Waals surface area contributed by atoms with Gasteiger partial charge in [0.05, 0.1) is 18.6 Å². The summed E-state index contributed by atoms with van der Waals surface area (Å²) in [5, 5.41) is 0. The SMILES string of the molecule is CCOC(=O)Cc1cc(OCC(F)(F)F)c(-c2ccc(CF)cc2)c(OCC(F)(F)F)c1. The number of benzene rings is 2. The number of alkyl halides is 7. The summed E-state index contributed by atoms with van der Waals surface area (Å²) >= 11 is 0. The average molecular weight is 468 g/mol. The Morgan fingerprint density at radius 2 is 1.34 bits per heavy atom. The van der Waals surface area contributed by atoms with Crippen LogP contribution in [0.2, 0.25) is 0 Å². The first-order valence-corrected chi connectivity index (χ1v) is 9.28. The van der Waals surface area contributed by atoms with Crippen molar-refractivity contribution < 1.29 is 49.7 Å². The van der Waals surface area contributed by atoms with Gasteiger partial charge in [-0.2, -0.15) is 26.3 Å². The highest BCUT2D eigenvalue weighted by Gasteiger charge is 2.31. The van der Waals surface area contributed by atoms with Crippen LogP contribution in [-0.4, -0.2) is 38.1 Å². The highest BCUT2D eigenvalue weighted by atomic mass is 19.4. The van der Waals surface area contributed by atoms with E-state index in [2.05, 4.69) is 0 Å². The molecule has 0 bridgehead atoms. The van der Waals surface area contributed by atoms with Gasteiger partial charge in [-0.3, -0.25) is 4.79 Å². The first-order valence-electron chi connectivity index (χ1n) is 9.28. The Morgan fingerprint density at radius 3 is 1.75 bits per heavy atom. The third-order valence-corrected chi connectivity index (χ3v) is 3.96. The average Bonchev–Trinajstić information content (AvgIpc) is 2.70. The van der Waals surface area contributed by atoms with Crippen LogP contribution in [0.25, 0.3) is 11.1 Å². The largest absolute Gasteiger partial charge is 0.483 e. The zero-order chi connectivity index (χ0) is 23.9. The Hall–Kier alpha value is -2.98. The molecule has 0 fully saturated rings. The fourth-order valence-corrected chi connectivity index (χ4v) is 2.72. The number of esters is 1. The number of rotatable bonds is 9. The molecule has 11 heteroatoms. The van der Waals surface area contributed by atoms with E-state index in [1.165, 1.54) is 31.2 Å². The topological polar surface area (TPSA) is 44.8 Å². The number of halogens is 7. The van der Waals surface area contributed by atoms with Gasteiger partial charge in [0.2, 0.25) is 0 Å². The number of hydrogen-bond acceptors (Lipinski definition) is 4. The zero-order valence-corrected chi connectivity index (χ0v) is 16.8. The van der Waals surface area contributed by atoms with E-state index in [1.807, 2.05) is 0 Å². The van der Waals surface area contributed by atoms with Crippen molar-refractivity contribution in [2.45, 2.75) is 32.4 Å². The van der Waals surface area contributed by atoms with Gasteiger partial charge < -0.3 is 14.2 Å². The quantitative estimate of drug-likeness (QED) is 0.344. The van der Waals surface area contributed by atoms with E-state index in [-0.39, 0.29) is 28.9 Å². The van der Waals surface area contributed by atoms with E-state index in [1.54, 1.807) is 0 Å². The lowest BCUT2D eigenvalue weighted by Crippen LogP contribution is -2.21. The summed E-state index contributed by atoms with van der Waals surface area (Å²) in [5.74, 6) is -1.64. The van der Waals surface area contributed by atoms with Gasteiger partial charge >= 0.3 is 18.3 Å². The molecule has 0 aromatic heterocycles. The van der Waals surface area contributed by atoms with Gasteiger partial charge in [-0.25, -0.2) is 4.39 Å². The van der Waals surface area contributed by atoms with E-state index >= 15 is 0 Å². The highest BCUT2D eigenvalue weighted by molar-refractivity contribution is 5.80. The van der Waals surface area contributed by atoms with Gasteiger partial charge in [0.15, 0.2) is 13.2 Å². The van der Waals surface area contributed by atoms with E-state index in [0.29, 0.717) is 0 Å². The van der Waals surface area contributed by atoms with Crippen LogP contribution >= 0.6 is 0 Å². The van der Waals surface area contributed by atoms with Gasteiger partial charge in [0.25, 0.3) is 0 Å². The van der Waals surface area contributed by atoms with Crippen LogP contribution in [0.4, 0.5) is 30.7 Å². The second-order valence-electron chi connectivity index (χ2n) is 6.59. The molecule has 0 heterocycles. The lowest BCUT2D eigenvalue weighted by Gasteiger charge is -2.20. The third-order valence-electron chi connectivity index (χ3n) is 3.96. The van der Waals surface area contributed by atoms with Crippen molar-refractivity contribution in [3.63, 3.8) is 0 Å². The van der Waals surface area contributed by atoms with Crippen LogP contribution in [0.3, 0.4) is 0 Å². The monoisotopic (exact) mass is 468 g/mol. The summed E-state index contributed by atoms with van der Waals surface area (Å²) in [4.78, 5) is 11.8. The number of ether oxygens (including phenoxy) is 3. The summed E-state index contributed by atoms with van der Waals surface area (Å²) in [6, 6.07) is 7.47. The summed E-state index contributed by atoms with van der Waals surface area (Å²) in [6.07, 6.45) is -9.90. The highest BCUT2D eigenvalue weighted by Crippen LogP contribution is 2.41. The van der Waals surface area contributed by atoms with Gasteiger partial charge in [-0.1, -0.05) is 24.3 Å². The Balaban J connectivity index is 2.60. The van der Waals surface area contributed by atoms with E-state index in [0.717, 1.165) is 12.1 Å². The van der Waals surface area contributed by atoms with Gasteiger partial charge in [-0.05, 0) is 35.7 Å². The third kappa shape index (κ3) is 7.93. The van der Waals surface area contributed by atoms with Crippen molar-refractivity contribution in [2.75, 3.05) is 19.8 Å². The van der Waals surface area contributed by atoms with Crippen molar-refractivity contribution in [3.8, 4) is 22.6 Å². The lowest BCUT2D eigenvalue weighted by atomic mass is 9.99. The predicted octanol–water partition coefficient (Wildman–Crippen LogP) is 5.81. The smallest absolute Gasteiger partial charge is 0.422 e. The second-order valence-corrected chi connectivity index (χ2v) is 6.59. The minimum Gasteiger partial charge on any atom is -0.483 e. The minimum absolute atomic E-state index is 0.0296. The first-order chi connectivity index (χ1) is 14.9. The molecular formula is C21H19F7O4. The van der Waals surface area contributed by atoms with Crippen molar-refractivity contribution in [2.24, 2.45) is 0 Å². The summed E-state index contributed by atoms with van der Waals surface area (Å²) in [7, 11) is 0. The molecule has 0 amide bonds. The molecule has 2 rings (SSSR count). The Bertz CT molecular complexity index is 867. The standard InChI is InChI=1S/C21H19F7O4/c1-2-30-18(29)9-14-7-16(31-11-20(23,24)25)19(15-5-3-13(10-22)4-6-15)17(8-14)32-12-21(26,27)28/h3-8H,2,9-12H2,1H3. The summed E-state index contributed by atoms with van der Waals surface area (Å²) in [5.41, 5.74) is 0.223. The molecule has 0 atom stereocenters. The number of carbonyl (C=O) groups excluding carboxylic acids is 1. The maximum atomic E-state index is 12.8. The lowest BCUT2D eigenvalue weighted by molar-refractivity contribution is -0.153. The van der Waals surface area contributed by atoms with E-state index in [4.69, 9.17) is 14.2 Å². The van der Waals surface area contributed by atoms with E-state index < -0.39 is 56.1 Å². The molecule has 0 aliphatic heterocycles. The molecule has 0 unspecified atom stereocenters. The zero-order valence-electron chi connectivity index (χ0n) is 16.8. The molecule has 2 aromatic rings. The Morgan fingerprint density at radius 1 is 0.844 bits per heavy atom. The number of carbonyl (C=O) groups is 1. The second kappa shape index (κ2) is 10.6.